The van der Waals surface area contributed by atoms with Crippen molar-refractivity contribution in [3.05, 3.63) is 41.5 Å². The Labute approximate surface area is 79.1 Å². The summed E-state index contributed by atoms with van der Waals surface area (Å²) >= 11 is 0. The van der Waals surface area contributed by atoms with Gasteiger partial charge in [-0.3, -0.25) is 4.79 Å². The van der Waals surface area contributed by atoms with Crippen molar-refractivity contribution in [3.8, 4) is 0 Å². The van der Waals surface area contributed by atoms with Crippen LogP contribution in [-0.4, -0.2) is 5.78 Å². The first-order valence-electron chi connectivity index (χ1n) is 4.50. The van der Waals surface area contributed by atoms with E-state index in [-0.39, 0.29) is 5.78 Å². The number of hydrogen-bond acceptors (Lipinski definition) is 1. The molecule has 0 N–H and O–H groups in total. The van der Waals surface area contributed by atoms with Gasteiger partial charge in [-0.2, -0.15) is 0 Å². The average Bonchev–Trinajstić information content (AvgIpc) is 2.15. The van der Waals surface area contributed by atoms with Crippen LogP contribution in [0.3, 0.4) is 0 Å². The Kier molecular flexibility index (Phi) is 3.44. The van der Waals surface area contributed by atoms with E-state index < -0.39 is 0 Å². The molecule has 0 spiro atoms. The second kappa shape index (κ2) is 4.61. The van der Waals surface area contributed by atoms with Crippen molar-refractivity contribution in [1.29, 1.82) is 0 Å². The molecular weight excluding hydrogens is 160 g/mol. The van der Waals surface area contributed by atoms with Gasteiger partial charge in [-0.25, -0.2) is 0 Å². The quantitative estimate of drug-likeness (QED) is 0.643. The van der Waals surface area contributed by atoms with Crippen LogP contribution in [0.2, 0.25) is 0 Å². The van der Waals surface area contributed by atoms with Crippen LogP contribution in [0.4, 0.5) is 0 Å². The third-order valence-corrected chi connectivity index (χ3v) is 1.97. The molecule has 0 unspecified atom stereocenters. The number of allylic oxidation sites excluding steroid dienone is 1. The fourth-order valence-corrected chi connectivity index (χ4v) is 1.20. The summed E-state index contributed by atoms with van der Waals surface area (Å²) in [6, 6.07) is 9.91. The Morgan fingerprint density at radius 1 is 1.31 bits per heavy atom. The van der Waals surface area contributed by atoms with E-state index in [0.29, 0.717) is 0 Å². The molecule has 0 atom stereocenters. The van der Waals surface area contributed by atoms with Crippen LogP contribution in [0.1, 0.15) is 25.8 Å². The van der Waals surface area contributed by atoms with Crippen LogP contribution in [0.15, 0.2) is 35.9 Å². The van der Waals surface area contributed by atoms with Crippen LogP contribution in [0.5, 0.6) is 0 Å². The molecule has 0 aliphatic heterocycles. The van der Waals surface area contributed by atoms with Gasteiger partial charge in [0.25, 0.3) is 0 Å². The van der Waals surface area contributed by atoms with Crippen LogP contribution >= 0.6 is 0 Å². The third-order valence-electron chi connectivity index (χ3n) is 1.97. The number of hydrogen-bond donors (Lipinski definition) is 0. The average molecular weight is 174 g/mol. The fourth-order valence-electron chi connectivity index (χ4n) is 1.20. The highest BCUT2D eigenvalue weighted by Gasteiger charge is 1.99. The highest BCUT2D eigenvalue weighted by atomic mass is 16.1. The zero-order valence-electron chi connectivity index (χ0n) is 8.08. The summed E-state index contributed by atoms with van der Waals surface area (Å²) in [5.41, 5.74) is 1.97. The van der Waals surface area contributed by atoms with Gasteiger partial charge in [0.05, 0.1) is 0 Å². The van der Waals surface area contributed by atoms with Crippen molar-refractivity contribution in [2.75, 3.05) is 0 Å². The Hall–Kier alpha value is -1.37. The lowest BCUT2D eigenvalue weighted by Gasteiger charge is -1.98. The number of ketones is 1. The first kappa shape index (κ1) is 9.72. The molecule has 0 bridgehead atoms. The van der Waals surface area contributed by atoms with Crippen molar-refractivity contribution >= 4 is 11.9 Å². The van der Waals surface area contributed by atoms with Crippen molar-refractivity contribution in [1.82, 2.24) is 0 Å². The van der Waals surface area contributed by atoms with E-state index >= 15 is 0 Å². The molecule has 1 nitrogen and oxygen atoms in total. The van der Waals surface area contributed by atoms with Crippen molar-refractivity contribution in [2.24, 2.45) is 0 Å². The minimum atomic E-state index is 0.159. The van der Waals surface area contributed by atoms with E-state index in [4.69, 9.17) is 0 Å². The molecule has 0 fully saturated rings. The Morgan fingerprint density at radius 3 is 2.38 bits per heavy atom. The van der Waals surface area contributed by atoms with E-state index in [1.54, 1.807) is 6.92 Å². The lowest BCUT2D eigenvalue weighted by atomic mass is 10.1. The summed E-state index contributed by atoms with van der Waals surface area (Å²) in [6.45, 7) is 3.61. The lowest BCUT2D eigenvalue weighted by molar-refractivity contribution is -0.113. The molecule has 0 heterocycles. The SMILES string of the molecule is CC/C(=C/c1ccccc1)C(C)=O. The van der Waals surface area contributed by atoms with Crippen LogP contribution in [0.25, 0.3) is 6.08 Å². The van der Waals surface area contributed by atoms with Gasteiger partial charge in [-0.05, 0) is 30.6 Å². The van der Waals surface area contributed by atoms with E-state index in [0.717, 1.165) is 17.6 Å². The van der Waals surface area contributed by atoms with Crippen molar-refractivity contribution in [2.45, 2.75) is 20.3 Å². The highest BCUT2D eigenvalue weighted by molar-refractivity contribution is 5.97. The van der Waals surface area contributed by atoms with Crippen molar-refractivity contribution < 1.29 is 4.79 Å². The van der Waals surface area contributed by atoms with Crippen LogP contribution < -0.4 is 0 Å². The number of Topliss-reactive ketones (excluding diaryl/α,β-unsaturated/α-hetero) is 1. The molecule has 1 aromatic rings. The van der Waals surface area contributed by atoms with E-state index in [1.807, 2.05) is 43.3 Å². The molecule has 1 rings (SSSR count). The van der Waals surface area contributed by atoms with E-state index in [1.165, 1.54) is 0 Å². The smallest absolute Gasteiger partial charge is 0.155 e. The van der Waals surface area contributed by atoms with Crippen LogP contribution in [-0.2, 0) is 4.79 Å². The molecule has 0 radical (unpaired) electrons. The second-order valence-electron chi connectivity index (χ2n) is 2.99. The van der Waals surface area contributed by atoms with E-state index in [2.05, 4.69) is 0 Å². The minimum Gasteiger partial charge on any atom is -0.295 e. The Balaban J connectivity index is 2.92. The topological polar surface area (TPSA) is 17.1 Å². The second-order valence-corrected chi connectivity index (χ2v) is 2.99. The van der Waals surface area contributed by atoms with Gasteiger partial charge < -0.3 is 0 Å². The molecule has 13 heavy (non-hydrogen) atoms. The first-order valence-corrected chi connectivity index (χ1v) is 4.50. The lowest BCUT2D eigenvalue weighted by Crippen LogP contribution is -1.94. The Bertz CT molecular complexity index is 309. The maximum absolute atomic E-state index is 11.1. The fraction of sp³-hybridized carbons (Fsp3) is 0.250. The summed E-state index contributed by atoms with van der Waals surface area (Å²) in [4.78, 5) is 11.1. The number of carbonyl (C=O) groups excluding carboxylic acids is 1. The zero-order chi connectivity index (χ0) is 9.68. The maximum atomic E-state index is 11.1. The van der Waals surface area contributed by atoms with Gasteiger partial charge in [-0.1, -0.05) is 37.3 Å². The summed E-state index contributed by atoms with van der Waals surface area (Å²) in [6.07, 6.45) is 2.74. The standard InChI is InChI=1S/C12H14O/c1-3-12(10(2)13)9-11-7-5-4-6-8-11/h4-9H,3H2,1-2H3/b12-9-. The predicted octanol–water partition coefficient (Wildman–Crippen LogP) is 3.07. The Morgan fingerprint density at radius 2 is 1.92 bits per heavy atom. The molecule has 0 saturated heterocycles. The molecule has 1 aromatic carbocycles. The maximum Gasteiger partial charge on any atom is 0.155 e. The molecule has 0 aliphatic rings. The summed E-state index contributed by atoms with van der Waals surface area (Å²) < 4.78 is 0. The molecule has 0 aromatic heterocycles. The normalized spacial score (nSPS) is 11.4. The summed E-state index contributed by atoms with van der Waals surface area (Å²) in [5, 5.41) is 0. The van der Waals surface area contributed by atoms with Crippen LogP contribution in [0, 0.1) is 0 Å². The molecule has 0 aliphatic carbocycles. The van der Waals surface area contributed by atoms with Gasteiger partial charge in [0.15, 0.2) is 5.78 Å². The monoisotopic (exact) mass is 174 g/mol. The van der Waals surface area contributed by atoms with Gasteiger partial charge in [0.1, 0.15) is 0 Å². The summed E-state index contributed by atoms with van der Waals surface area (Å²) in [7, 11) is 0. The van der Waals surface area contributed by atoms with Gasteiger partial charge in [0.2, 0.25) is 0 Å². The number of carbonyl (C=O) groups is 1. The first-order chi connectivity index (χ1) is 6.24. The van der Waals surface area contributed by atoms with Gasteiger partial charge in [0, 0.05) is 0 Å². The number of rotatable bonds is 3. The van der Waals surface area contributed by atoms with Gasteiger partial charge >= 0.3 is 0 Å². The molecule has 0 saturated carbocycles. The number of benzene rings is 1. The summed E-state index contributed by atoms with van der Waals surface area (Å²) in [5.74, 6) is 0.159. The molecule has 68 valence electrons. The third kappa shape index (κ3) is 2.86. The van der Waals surface area contributed by atoms with E-state index in [9.17, 15) is 4.79 Å². The molecular formula is C12H14O. The minimum absolute atomic E-state index is 0.159. The zero-order valence-corrected chi connectivity index (χ0v) is 8.08. The van der Waals surface area contributed by atoms with Crippen molar-refractivity contribution in [3.63, 3.8) is 0 Å². The largest absolute Gasteiger partial charge is 0.295 e. The molecule has 0 amide bonds. The predicted molar refractivity (Wildman–Crippen MR) is 55.4 cm³/mol. The molecule has 1 heteroatoms. The van der Waals surface area contributed by atoms with Gasteiger partial charge in [-0.15, -0.1) is 0 Å². The highest BCUT2D eigenvalue weighted by Crippen LogP contribution is 2.09.